The third kappa shape index (κ3) is 3.12. The molecule has 74 valence electrons. The maximum absolute atomic E-state index is 11.3. The number of carbonyl (C=O) groups excluding carboxylic acids is 1. The fourth-order valence-corrected chi connectivity index (χ4v) is 1.92. The number of hydrogen-bond acceptors (Lipinski definition) is 2. The van der Waals surface area contributed by atoms with Crippen LogP contribution in [0.1, 0.15) is 26.2 Å². The molecule has 1 rings (SSSR count). The van der Waals surface area contributed by atoms with Crippen LogP contribution in [0.15, 0.2) is 11.6 Å². The second kappa shape index (κ2) is 5.40. The summed E-state index contributed by atoms with van der Waals surface area (Å²) in [6, 6.07) is 0.126. The highest BCUT2D eigenvalue weighted by Crippen LogP contribution is 2.17. The van der Waals surface area contributed by atoms with Gasteiger partial charge in [-0.2, -0.15) is 0 Å². The third-order valence-electron chi connectivity index (χ3n) is 2.51. The Bertz CT molecular complexity index is 203. The molecular formula is C10H16ClNO. The molecule has 1 heterocycles. The zero-order valence-electron chi connectivity index (χ0n) is 8.00. The summed E-state index contributed by atoms with van der Waals surface area (Å²) in [5.41, 5.74) is 1.52. The summed E-state index contributed by atoms with van der Waals surface area (Å²) in [6.07, 6.45) is 5.26. The lowest BCUT2D eigenvalue weighted by Crippen LogP contribution is -2.43. The van der Waals surface area contributed by atoms with Gasteiger partial charge in [0.1, 0.15) is 5.78 Å². The monoisotopic (exact) mass is 201 g/mol. The highest BCUT2D eigenvalue weighted by molar-refractivity contribution is 6.25. The molecule has 3 heteroatoms. The normalized spacial score (nSPS) is 25.2. The van der Waals surface area contributed by atoms with Crippen LogP contribution in [0.5, 0.6) is 0 Å². The highest BCUT2D eigenvalue weighted by atomic mass is 35.5. The molecule has 1 unspecified atom stereocenters. The summed E-state index contributed by atoms with van der Waals surface area (Å²) >= 11 is 5.46. The molecule has 0 saturated carbocycles. The molecule has 0 aromatic carbocycles. The average Bonchev–Trinajstić information content (AvgIpc) is 2.15. The summed E-state index contributed by atoms with van der Waals surface area (Å²) in [5, 5.41) is 0. The number of rotatable bonds is 3. The summed E-state index contributed by atoms with van der Waals surface area (Å²) < 4.78 is 0. The van der Waals surface area contributed by atoms with Crippen LogP contribution >= 0.6 is 11.6 Å². The van der Waals surface area contributed by atoms with Crippen molar-refractivity contribution in [3.63, 3.8) is 0 Å². The second-order valence-corrected chi connectivity index (χ2v) is 3.73. The maximum atomic E-state index is 11.3. The Labute approximate surface area is 84.6 Å². The van der Waals surface area contributed by atoms with Crippen molar-refractivity contribution in [2.45, 2.75) is 32.2 Å². The van der Waals surface area contributed by atoms with Crippen molar-refractivity contribution >= 4 is 17.4 Å². The van der Waals surface area contributed by atoms with Crippen molar-refractivity contribution in [1.29, 1.82) is 0 Å². The lowest BCUT2D eigenvalue weighted by atomic mass is 9.99. The molecule has 1 saturated heterocycles. The first kappa shape index (κ1) is 10.7. The van der Waals surface area contributed by atoms with E-state index in [0.29, 0.717) is 0 Å². The van der Waals surface area contributed by atoms with Gasteiger partial charge in [-0.05, 0) is 26.3 Å². The van der Waals surface area contributed by atoms with Gasteiger partial charge in [-0.3, -0.25) is 9.69 Å². The molecule has 1 aliphatic heterocycles. The molecule has 0 N–H and O–H groups in total. The van der Waals surface area contributed by atoms with Crippen molar-refractivity contribution in [1.82, 2.24) is 4.90 Å². The molecule has 0 aliphatic carbocycles. The highest BCUT2D eigenvalue weighted by Gasteiger charge is 2.24. The summed E-state index contributed by atoms with van der Waals surface area (Å²) in [5.74, 6) is 0.280. The van der Waals surface area contributed by atoms with Crippen molar-refractivity contribution in [3.8, 4) is 0 Å². The molecule has 0 spiro atoms. The first-order valence-corrected chi connectivity index (χ1v) is 5.19. The topological polar surface area (TPSA) is 20.3 Å². The Balaban J connectivity index is 2.51. The van der Waals surface area contributed by atoms with Crippen LogP contribution in [-0.4, -0.2) is 29.8 Å². The molecule has 1 aliphatic rings. The Morgan fingerprint density at radius 2 is 2.38 bits per heavy atom. The van der Waals surface area contributed by atoms with Gasteiger partial charge >= 0.3 is 0 Å². The van der Waals surface area contributed by atoms with Gasteiger partial charge in [-0.1, -0.05) is 24.1 Å². The van der Waals surface area contributed by atoms with E-state index in [-0.39, 0.29) is 11.8 Å². The van der Waals surface area contributed by atoms with Gasteiger partial charge in [0.15, 0.2) is 0 Å². The Kier molecular flexibility index (Phi) is 4.46. The van der Waals surface area contributed by atoms with Crippen LogP contribution < -0.4 is 0 Å². The third-order valence-corrected chi connectivity index (χ3v) is 2.69. The average molecular weight is 202 g/mol. The maximum Gasteiger partial charge on any atom is 0.146 e. The van der Waals surface area contributed by atoms with E-state index < -0.39 is 0 Å². The van der Waals surface area contributed by atoms with Gasteiger partial charge < -0.3 is 0 Å². The van der Waals surface area contributed by atoms with Crippen LogP contribution in [0.25, 0.3) is 0 Å². The van der Waals surface area contributed by atoms with Crippen molar-refractivity contribution in [3.05, 3.63) is 11.6 Å². The van der Waals surface area contributed by atoms with E-state index in [1.165, 1.54) is 18.4 Å². The molecule has 0 radical (unpaired) electrons. The number of likely N-dealkylation sites (tertiary alicyclic amines) is 1. The molecule has 0 aromatic rings. The molecule has 0 aromatic heterocycles. The van der Waals surface area contributed by atoms with E-state index in [9.17, 15) is 4.79 Å². The van der Waals surface area contributed by atoms with E-state index in [0.717, 1.165) is 19.5 Å². The van der Waals surface area contributed by atoms with Crippen LogP contribution in [0, 0.1) is 0 Å². The summed E-state index contributed by atoms with van der Waals surface area (Å²) in [7, 11) is 0. The Morgan fingerprint density at radius 1 is 1.62 bits per heavy atom. The minimum absolute atomic E-state index is 0.126. The molecule has 2 nitrogen and oxygen atoms in total. The second-order valence-electron chi connectivity index (χ2n) is 3.48. The minimum atomic E-state index is 0.126. The zero-order valence-corrected chi connectivity index (χ0v) is 8.76. The number of halogens is 1. The fourth-order valence-electron chi connectivity index (χ4n) is 1.85. The SMILES string of the molecule is CC(=O)C1CCCCN1CC=CCl. The zero-order chi connectivity index (χ0) is 9.68. The van der Waals surface area contributed by atoms with E-state index in [4.69, 9.17) is 11.6 Å². The fraction of sp³-hybridized carbons (Fsp3) is 0.700. The Hall–Kier alpha value is -0.340. The number of ketones is 1. The number of piperidine rings is 1. The van der Waals surface area contributed by atoms with Gasteiger partial charge in [-0.15, -0.1) is 0 Å². The van der Waals surface area contributed by atoms with Gasteiger partial charge in [-0.25, -0.2) is 0 Å². The molecule has 0 bridgehead atoms. The van der Waals surface area contributed by atoms with Crippen molar-refractivity contribution in [2.75, 3.05) is 13.1 Å². The van der Waals surface area contributed by atoms with Crippen LogP contribution in [0.3, 0.4) is 0 Å². The van der Waals surface area contributed by atoms with Crippen LogP contribution in [-0.2, 0) is 4.79 Å². The van der Waals surface area contributed by atoms with E-state index >= 15 is 0 Å². The first-order chi connectivity index (χ1) is 6.25. The lowest BCUT2D eigenvalue weighted by molar-refractivity contribution is -0.123. The molecular weight excluding hydrogens is 186 g/mol. The minimum Gasteiger partial charge on any atom is -0.298 e. The number of hydrogen-bond donors (Lipinski definition) is 0. The van der Waals surface area contributed by atoms with Gasteiger partial charge in [0.05, 0.1) is 6.04 Å². The predicted molar refractivity (Wildman–Crippen MR) is 54.9 cm³/mol. The summed E-state index contributed by atoms with van der Waals surface area (Å²) in [6.45, 7) is 3.49. The lowest BCUT2D eigenvalue weighted by Gasteiger charge is -2.33. The first-order valence-electron chi connectivity index (χ1n) is 4.75. The standard InChI is InChI=1S/C10H16ClNO/c1-9(13)10-5-2-3-7-12(10)8-4-6-11/h4,6,10H,2-3,5,7-8H2,1H3. The predicted octanol–water partition coefficient (Wildman–Crippen LogP) is 2.18. The van der Waals surface area contributed by atoms with Gasteiger partial charge in [0, 0.05) is 12.1 Å². The quantitative estimate of drug-likeness (QED) is 0.698. The van der Waals surface area contributed by atoms with Crippen molar-refractivity contribution in [2.24, 2.45) is 0 Å². The van der Waals surface area contributed by atoms with Crippen LogP contribution in [0.2, 0.25) is 0 Å². The molecule has 0 amide bonds. The molecule has 1 fully saturated rings. The number of Topliss-reactive ketones (excluding diaryl/α,β-unsaturated/α-hetero) is 1. The smallest absolute Gasteiger partial charge is 0.146 e. The van der Waals surface area contributed by atoms with E-state index in [2.05, 4.69) is 4.90 Å². The number of nitrogens with zero attached hydrogens (tertiary/aromatic N) is 1. The molecule has 1 atom stereocenters. The van der Waals surface area contributed by atoms with Gasteiger partial charge in [0.2, 0.25) is 0 Å². The van der Waals surface area contributed by atoms with E-state index in [1.807, 2.05) is 6.08 Å². The van der Waals surface area contributed by atoms with Crippen molar-refractivity contribution < 1.29 is 4.79 Å². The summed E-state index contributed by atoms with van der Waals surface area (Å²) in [4.78, 5) is 13.5. The van der Waals surface area contributed by atoms with E-state index in [1.54, 1.807) is 6.92 Å². The van der Waals surface area contributed by atoms with Crippen LogP contribution in [0.4, 0.5) is 0 Å². The van der Waals surface area contributed by atoms with Gasteiger partial charge in [0.25, 0.3) is 0 Å². The largest absolute Gasteiger partial charge is 0.298 e. The number of carbonyl (C=O) groups is 1. The molecule has 13 heavy (non-hydrogen) atoms. The Morgan fingerprint density at radius 3 is 3.00 bits per heavy atom.